The molecule has 88 valence electrons. The highest BCUT2D eigenvalue weighted by atomic mass is 19.1. The van der Waals surface area contributed by atoms with Crippen LogP contribution in [0.5, 0.6) is 0 Å². The fraction of sp³-hybridized carbons (Fsp3) is 1.00. The van der Waals surface area contributed by atoms with E-state index in [-0.39, 0.29) is 0 Å². The van der Waals surface area contributed by atoms with E-state index in [4.69, 9.17) is 0 Å². The minimum atomic E-state index is -0.506. The predicted molar refractivity (Wildman–Crippen MR) is 61.7 cm³/mol. The lowest BCUT2D eigenvalue weighted by Crippen LogP contribution is -2.51. The van der Waals surface area contributed by atoms with Gasteiger partial charge in [0.25, 0.3) is 0 Å². The molecule has 2 fully saturated rings. The van der Waals surface area contributed by atoms with Crippen LogP contribution in [0.1, 0.15) is 46.5 Å². The first-order valence-corrected chi connectivity index (χ1v) is 6.39. The van der Waals surface area contributed by atoms with Crippen molar-refractivity contribution >= 4 is 0 Å². The zero-order chi connectivity index (χ0) is 11.1. The number of alkyl halides is 1. The SMILES string of the molecule is CC(C)C1(C)CCN(C2CC(F)C2)CC1. The van der Waals surface area contributed by atoms with Crippen LogP contribution < -0.4 is 0 Å². The lowest BCUT2D eigenvalue weighted by Gasteiger charge is -2.47. The summed E-state index contributed by atoms with van der Waals surface area (Å²) in [5, 5.41) is 0. The molecule has 0 amide bonds. The molecule has 0 atom stereocenters. The van der Waals surface area contributed by atoms with Crippen LogP contribution in [-0.2, 0) is 0 Å². The van der Waals surface area contributed by atoms with Gasteiger partial charge in [-0.2, -0.15) is 0 Å². The molecule has 0 unspecified atom stereocenters. The second kappa shape index (κ2) is 4.04. The lowest BCUT2D eigenvalue weighted by molar-refractivity contribution is -0.000644. The zero-order valence-electron chi connectivity index (χ0n) is 10.3. The average Bonchev–Trinajstić information content (AvgIpc) is 2.15. The third-order valence-electron chi connectivity index (χ3n) is 4.91. The van der Waals surface area contributed by atoms with Gasteiger partial charge in [0, 0.05) is 6.04 Å². The molecule has 0 radical (unpaired) electrons. The van der Waals surface area contributed by atoms with Crippen molar-refractivity contribution in [1.29, 1.82) is 0 Å². The Kier molecular flexibility index (Phi) is 3.07. The standard InChI is InChI=1S/C13H24FN/c1-10(2)13(3)4-6-15(7-5-13)12-8-11(14)9-12/h10-12H,4-9H2,1-3H3. The quantitative estimate of drug-likeness (QED) is 0.680. The summed E-state index contributed by atoms with van der Waals surface area (Å²) in [5.74, 6) is 0.773. The first-order valence-electron chi connectivity index (χ1n) is 6.39. The molecule has 2 rings (SSSR count). The molecule has 15 heavy (non-hydrogen) atoms. The van der Waals surface area contributed by atoms with Crippen LogP contribution in [0, 0.1) is 11.3 Å². The van der Waals surface area contributed by atoms with E-state index in [1.54, 1.807) is 0 Å². The van der Waals surface area contributed by atoms with Gasteiger partial charge in [0.15, 0.2) is 0 Å². The molecule has 1 saturated carbocycles. The summed E-state index contributed by atoms with van der Waals surface area (Å²) < 4.78 is 12.8. The molecule has 2 heteroatoms. The van der Waals surface area contributed by atoms with Gasteiger partial charge < -0.3 is 4.90 Å². The predicted octanol–water partition coefficient (Wildman–Crippen LogP) is 3.25. The summed E-state index contributed by atoms with van der Waals surface area (Å²) in [6.07, 6.45) is 3.65. The van der Waals surface area contributed by atoms with Crippen LogP contribution in [0.25, 0.3) is 0 Å². The minimum Gasteiger partial charge on any atom is -0.300 e. The van der Waals surface area contributed by atoms with Gasteiger partial charge in [-0.3, -0.25) is 0 Å². The molecule has 0 aromatic rings. The lowest BCUT2D eigenvalue weighted by atomic mass is 9.71. The number of rotatable bonds is 2. The third kappa shape index (κ3) is 2.20. The normalized spacial score (nSPS) is 36.6. The van der Waals surface area contributed by atoms with Gasteiger partial charge in [0.1, 0.15) is 6.17 Å². The largest absolute Gasteiger partial charge is 0.300 e. The Morgan fingerprint density at radius 3 is 2.13 bits per heavy atom. The Morgan fingerprint density at radius 2 is 1.73 bits per heavy atom. The Bertz CT molecular complexity index is 213. The van der Waals surface area contributed by atoms with Crippen LogP contribution in [0.3, 0.4) is 0 Å². The van der Waals surface area contributed by atoms with Crippen LogP contribution in [0.15, 0.2) is 0 Å². The molecule has 0 aromatic carbocycles. The van der Waals surface area contributed by atoms with E-state index in [0.29, 0.717) is 11.5 Å². The van der Waals surface area contributed by atoms with Crippen LogP contribution >= 0.6 is 0 Å². The van der Waals surface area contributed by atoms with Crippen molar-refractivity contribution in [3.05, 3.63) is 0 Å². The number of nitrogens with zero attached hydrogens (tertiary/aromatic N) is 1. The number of hydrogen-bond acceptors (Lipinski definition) is 1. The van der Waals surface area contributed by atoms with E-state index >= 15 is 0 Å². The van der Waals surface area contributed by atoms with Gasteiger partial charge in [0.05, 0.1) is 0 Å². The van der Waals surface area contributed by atoms with E-state index in [0.717, 1.165) is 18.8 Å². The summed E-state index contributed by atoms with van der Waals surface area (Å²) >= 11 is 0. The molecule has 1 aliphatic carbocycles. The fourth-order valence-corrected chi connectivity index (χ4v) is 2.80. The molecule has 0 spiro atoms. The molecule has 0 aromatic heterocycles. The highest BCUT2D eigenvalue weighted by molar-refractivity contribution is 4.92. The van der Waals surface area contributed by atoms with Crippen molar-refractivity contribution in [3.63, 3.8) is 0 Å². The minimum absolute atomic E-state index is 0.506. The number of halogens is 1. The molecule has 2 aliphatic rings. The molecule has 0 N–H and O–H groups in total. The van der Waals surface area contributed by atoms with Crippen LogP contribution in [0.2, 0.25) is 0 Å². The highest BCUT2D eigenvalue weighted by Gasteiger charge is 2.39. The summed E-state index contributed by atoms with van der Waals surface area (Å²) in [4.78, 5) is 2.51. The van der Waals surface area contributed by atoms with Crippen LogP contribution in [-0.4, -0.2) is 30.2 Å². The summed E-state index contributed by atoms with van der Waals surface area (Å²) in [6.45, 7) is 9.44. The van der Waals surface area contributed by atoms with Crippen molar-refractivity contribution < 1.29 is 4.39 Å². The topological polar surface area (TPSA) is 3.24 Å². The van der Waals surface area contributed by atoms with Gasteiger partial charge in [0.2, 0.25) is 0 Å². The van der Waals surface area contributed by atoms with Gasteiger partial charge in [-0.15, -0.1) is 0 Å². The summed E-state index contributed by atoms with van der Waals surface area (Å²) in [6, 6.07) is 0.566. The Morgan fingerprint density at radius 1 is 1.20 bits per heavy atom. The monoisotopic (exact) mass is 213 g/mol. The number of likely N-dealkylation sites (tertiary alicyclic amines) is 1. The van der Waals surface area contributed by atoms with Gasteiger partial charge in [-0.05, 0) is 50.1 Å². The number of hydrogen-bond donors (Lipinski definition) is 0. The fourth-order valence-electron chi connectivity index (χ4n) is 2.80. The van der Waals surface area contributed by atoms with Gasteiger partial charge in [-0.25, -0.2) is 4.39 Å². The van der Waals surface area contributed by atoms with Crippen molar-refractivity contribution in [2.75, 3.05) is 13.1 Å². The van der Waals surface area contributed by atoms with Crippen molar-refractivity contribution in [1.82, 2.24) is 4.90 Å². The zero-order valence-corrected chi connectivity index (χ0v) is 10.3. The molecule has 1 aliphatic heterocycles. The molecule has 1 nitrogen and oxygen atoms in total. The average molecular weight is 213 g/mol. The first-order chi connectivity index (χ1) is 7.01. The smallest absolute Gasteiger partial charge is 0.103 e. The maximum absolute atomic E-state index is 12.8. The molecule has 0 bridgehead atoms. The number of piperidine rings is 1. The summed E-state index contributed by atoms with van der Waals surface area (Å²) in [5.41, 5.74) is 0.523. The maximum atomic E-state index is 12.8. The van der Waals surface area contributed by atoms with Gasteiger partial charge >= 0.3 is 0 Å². The molecular weight excluding hydrogens is 189 g/mol. The van der Waals surface area contributed by atoms with E-state index < -0.39 is 6.17 Å². The van der Waals surface area contributed by atoms with Crippen molar-refractivity contribution in [2.24, 2.45) is 11.3 Å². The molecule has 1 saturated heterocycles. The maximum Gasteiger partial charge on any atom is 0.103 e. The van der Waals surface area contributed by atoms with E-state index in [2.05, 4.69) is 25.7 Å². The highest BCUT2D eigenvalue weighted by Crippen LogP contribution is 2.40. The Hall–Kier alpha value is -0.110. The Balaban J connectivity index is 1.82. The van der Waals surface area contributed by atoms with E-state index in [1.807, 2.05) is 0 Å². The van der Waals surface area contributed by atoms with E-state index in [1.165, 1.54) is 25.9 Å². The third-order valence-corrected chi connectivity index (χ3v) is 4.91. The van der Waals surface area contributed by atoms with E-state index in [9.17, 15) is 4.39 Å². The molecule has 1 heterocycles. The van der Waals surface area contributed by atoms with Crippen molar-refractivity contribution in [2.45, 2.75) is 58.7 Å². The second-order valence-corrected chi connectivity index (χ2v) is 6.07. The first kappa shape index (κ1) is 11.4. The Labute approximate surface area is 93.0 Å². The molecular formula is C13H24FN. The van der Waals surface area contributed by atoms with Crippen LogP contribution in [0.4, 0.5) is 4.39 Å². The second-order valence-electron chi connectivity index (χ2n) is 6.07. The van der Waals surface area contributed by atoms with Crippen molar-refractivity contribution in [3.8, 4) is 0 Å². The van der Waals surface area contributed by atoms with Gasteiger partial charge in [-0.1, -0.05) is 20.8 Å². The summed E-state index contributed by atoms with van der Waals surface area (Å²) in [7, 11) is 0.